The smallest absolute Gasteiger partial charge is 0.208 e. The fraction of sp³-hybridized carbons (Fsp3) is 0.632. The van der Waals surface area contributed by atoms with E-state index >= 15 is 0 Å². The first-order chi connectivity index (χ1) is 12.1. The highest BCUT2D eigenvalue weighted by Gasteiger charge is 2.19. The van der Waals surface area contributed by atoms with Gasteiger partial charge in [0.25, 0.3) is 0 Å². The molecule has 1 aliphatic rings. The molecule has 5 nitrogen and oxygen atoms in total. The molecule has 2 aromatic heterocycles. The van der Waals surface area contributed by atoms with Crippen molar-refractivity contribution < 1.29 is 4.79 Å². The number of nitrogens with zero attached hydrogens (tertiary/aromatic N) is 3. The quantitative estimate of drug-likeness (QED) is 0.562. The maximum atomic E-state index is 12.6. The van der Waals surface area contributed by atoms with Crippen LogP contribution in [0, 0.1) is 19.8 Å². The highest BCUT2D eigenvalue weighted by Crippen LogP contribution is 2.27. The van der Waals surface area contributed by atoms with Crippen molar-refractivity contribution in [1.82, 2.24) is 19.7 Å². The number of H-pyrrole nitrogens is 1. The first-order valence-electron chi connectivity index (χ1n) is 9.32. The van der Waals surface area contributed by atoms with Crippen molar-refractivity contribution in [1.29, 1.82) is 0 Å². The third kappa shape index (κ3) is 4.35. The SMILES string of the molecule is CCCn1c(C)cc(C(=O)CSc2n[nH]c(CC3CCCC3)n2)c1C. The number of aromatic nitrogens is 4. The predicted octanol–water partition coefficient (Wildman–Crippen LogP) is 4.34. The first kappa shape index (κ1) is 18.2. The van der Waals surface area contributed by atoms with Crippen LogP contribution in [0.15, 0.2) is 11.2 Å². The average Bonchev–Trinajstić information content (AvgIpc) is 3.31. The zero-order valence-electron chi connectivity index (χ0n) is 15.5. The Morgan fingerprint density at radius 3 is 2.84 bits per heavy atom. The molecule has 0 amide bonds. The van der Waals surface area contributed by atoms with E-state index in [1.54, 1.807) is 0 Å². The lowest BCUT2D eigenvalue weighted by Crippen LogP contribution is -2.06. The number of nitrogens with one attached hydrogen (secondary N) is 1. The molecule has 136 valence electrons. The maximum absolute atomic E-state index is 12.6. The fourth-order valence-corrected chi connectivity index (χ4v) is 4.48. The first-order valence-corrected chi connectivity index (χ1v) is 10.3. The van der Waals surface area contributed by atoms with Crippen LogP contribution in [-0.2, 0) is 13.0 Å². The van der Waals surface area contributed by atoms with Gasteiger partial charge in [-0.3, -0.25) is 9.89 Å². The van der Waals surface area contributed by atoms with E-state index in [-0.39, 0.29) is 5.78 Å². The summed E-state index contributed by atoms with van der Waals surface area (Å²) in [4.78, 5) is 17.1. The van der Waals surface area contributed by atoms with E-state index in [0.717, 1.165) is 48.1 Å². The summed E-state index contributed by atoms with van der Waals surface area (Å²) in [5.74, 6) is 2.25. The van der Waals surface area contributed by atoms with E-state index < -0.39 is 0 Å². The summed E-state index contributed by atoms with van der Waals surface area (Å²) in [7, 11) is 0. The van der Waals surface area contributed by atoms with Crippen molar-refractivity contribution in [2.45, 2.75) is 71.0 Å². The Labute approximate surface area is 154 Å². The molecule has 1 N–H and O–H groups in total. The van der Waals surface area contributed by atoms with Crippen LogP contribution in [0.1, 0.15) is 66.6 Å². The van der Waals surface area contributed by atoms with Gasteiger partial charge in [0, 0.05) is 29.9 Å². The zero-order valence-corrected chi connectivity index (χ0v) is 16.3. The van der Waals surface area contributed by atoms with Crippen LogP contribution < -0.4 is 0 Å². The number of hydrogen-bond donors (Lipinski definition) is 1. The van der Waals surface area contributed by atoms with Crippen LogP contribution >= 0.6 is 11.8 Å². The van der Waals surface area contributed by atoms with Crippen molar-refractivity contribution in [3.63, 3.8) is 0 Å². The summed E-state index contributed by atoms with van der Waals surface area (Å²) in [6.07, 6.45) is 7.33. The van der Waals surface area contributed by atoms with E-state index in [2.05, 4.69) is 33.6 Å². The Morgan fingerprint density at radius 1 is 1.36 bits per heavy atom. The van der Waals surface area contributed by atoms with Crippen molar-refractivity contribution in [3.05, 3.63) is 28.8 Å². The number of rotatable bonds is 8. The summed E-state index contributed by atoms with van der Waals surface area (Å²) in [5.41, 5.74) is 3.06. The number of carbonyl (C=O) groups excluding carboxylic acids is 1. The van der Waals surface area contributed by atoms with Crippen molar-refractivity contribution in [3.8, 4) is 0 Å². The molecule has 0 saturated heterocycles. The van der Waals surface area contributed by atoms with Crippen LogP contribution in [0.2, 0.25) is 0 Å². The van der Waals surface area contributed by atoms with Gasteiger partial charge in [0.2, 0.25) is 5.16 Å². The van der Waals surface area contributed by atoms with Gasteiger partial charge in [0.05, 0.1) is 5.75 Å². The Hall–Kier alpha value is -1.56. The standard InChI is InChI=1S/C19H28N4OS/c1-4-9-23-13(2)10-16(14(23)3)17(24)12-25-19-20-18(21-22-19)11-15-7-5-6-8-15/h10,15H,4-9,11-12H2,1-3H3,(H,20,21,22). The second-order valence-electron chi connectivity index (χ2n) is 7.07. The molecule has 2 heterocycles. The summed E-state index contributed by atoms with van der Waals surface area (Å²) in [6, 6.07) is 2.01. The normalized spacial score (nSPS) is 15.2. The number of Topliss-reactive ketones (excluding diaryl/α,β-unsaturated/α-hetero) is 1. The van der Waals surface area contributed by atoms with Crippen LogP contribution in [0.5, 0.6) is 0 Å². The monoisotopic (exact) mass is 360 g/mol. The lowest BCUT2D eigenvalue weighted by atomic mass is 10.0. The molecule has 0 atom stereocenters. The molecule has 6 heteroatoms. The van der Waals surface area contributed by atoms with E-state index in [0.29, 0.717) is 10.9 Å². The molecule has 0 radical (unpaired) electrons. The molecule has 0 bridgehead atoms. The minimum absolute atomic E-state index is 0.155. The van der Waals surface area contributed by atoms with Gasteiger partial charge in [-0.05, 0) is 32.3 Å². The largest absolute Gasteiger partial charge is 0.348 e. The third-order valence-electron chi connectivity index (χ3n) is 5.12. The van der Waals surface area contributed by atoms with Gasteiger partial charge in [0.15, 0.2) is 5.78 Å². The average molecular weight is 361 g/mol. The Bertz CT molecular complexity index is 728. The number of aromatic amines is 1. The van der Waals surface area contributed by atoms with Gasteiger partial charge < -0.3 is 4.57 Å². The lowest BCUT2D eigenvalue weighted by molar-refractivity contribution is 0.102. The van der Waals surface area contributed by atoms with Gasteiger partial charge in [-0.25, -0.2) is 4.98 Å². The highest BCUT2D eigenvalue weighted by molar-refractivity contribution is 7.99. The maximum Gasteiger partial charge on any atom is 0.208 e. The minimum atomic E-state index is 0.155. The van der Waals surface area contributed by atoms with Crippen LogP contribution in [0.4, 0.5) is 0 Å². The minimum Gasteiger partial charge on any atom is -0.348 e. The van der Waals surface area contributed by atoms with Crippen LogP contribution in [0.25, 0.3) is 0 Å². The van der Waals surface area contributed by atoms with Gasteiger partial charge in [0.1, 0.15) is 5.82 Å². The molecule has 0 unspecified atom stereocenters. The summed E-state index contributed by atoms with van der Waals surface area (Å²) in [5, 5.41) is 7.99. The highest BCUT2D eigenvalue weighted by atomic mass is 32.2. The van der Waals surface area contributed by atoms with Gasteiger partial charge >= 0.3 is 0 Å². The number of thioether (sulfide) groups is 1. The molecule has 0 aromatic carbocycles. The van der Waals surface area contributed by atoms with E-state index in [9.17, 15) is 4.79 Å². The Balaban J connectivity index is 1.57. The second-order valence-corrected chi connectivity index (χ2v) is 8.01. The molecule has 3 rings (SSSR count). The van der Waals surface area contributed by atoms with Crippen LogP contribution in [-0.4, -0.2) is 31.3 Å². The lowest BCUT2D eigenvalue weighted by Gasteiger charge is -2.07. The molecule has 1 fully saturated rings. The molecular weight excluding hydrogens is 332 g/mol. The van der Waals surface area contributed by atoms with Crippen molar-refractivity contribution >= 4 is 17.5 Å². The molecule has 0 aliphatic heterocycles. The van der Waals surface area contributed by atoms with Gasteiger partial charge in [-0.1, -0.05) is 44.4 Å². The molecule has 25 heavy (non-hydrogen) atoms. The molecular formula is C19H28N4OS. The molecule has 2 aromatic rings. The number of aryl methyl sites for hydroxylation is 1. The van der Waals surface area contributed by atoms with E-state index in [1.807, 2.05) is 13.0 Å². The summed E-state index contributed by atoms with van der Waals surface area (Å²) in [6.45, 7) is 7.22. The molecule has 0 spiro atoms. The predicted molar refractivity (Wildman–Crippen MR) is 101 cm³/mol. The number of carbonyl (C=O) groups is 1. The van der Waals surface area contributed by atoms with Crippen molar-refractivity contribution in [2.75, 3.05) is 5.75 Å². The summed E-state index contributed by atoms with van der Waals surface area (Å²) >= 11 is 1.43. The fourth-order valence-electron chi connectivity index (χ4n) is 3.78. The van der Waals surface area contributed by atoms with Gasteiger partial charge in [-0.2, -0.15) is 0 Å². The van der Waals surface area contributed by atoms with Gasteiger partial charge in [-0.15, -0.1) is 5.10 Å². The van der Waals surface area contributed by atoms with Crippen LogP contribution in [0.3, 0.4) is 0 Å². The topological polar surface area (TPSA) is 63.6 Å². The van der Waals surface area contributed by atoms with E-state index in [1.165, 1.54) is 37.4 Å². The third-order valence-corrected chi connectivity index (χ3v) is 5.97. The Morgan fingerprint density at radius 2 is 2.12 bits per heavy atom. The number of hydrogen-bond acceptors (Lipinski definition) is 4. The number of ketones is 1. The molecule has 1 aliphatic carbocycles. The van der Waals surface area contributed by atoms with Crippen molar-refractivity contribution in [2.24, 2.45) is 5.92 Å². The zero-order chi connectivity index (χ0) is 17.8. The Kier molecular flexibility index (Phi) is 5.99. The van der Waals surface area contributed by atoms with E-state index in [4.69, 9.17) is 0 Å². The second kappa shape index (κ2) is 8.21. The molecule has 1 saturated carbocycles. The summed E-state index contributed by atoms with van der Waals surface area (Å²) < 4.78 is 2.23.